The summed E-state index contributed by atoms with van der Waals surface area (Å²) in [4.78, 5) is 4.18. The lowest BCUT2D eigenvalue weighted by Gasteiger charge is -2.24. The van der Waals surface area contributed by atoms with Crippen molar-refractivity contribution in [3.63, 3.8) is 0 Å². The first-order valence-electron chi connectivity index (χ1n) is 7.60. The van der Waals surface area contributed by atoms with E-state index in [9.17, 15) is 8.78 Å². The molecule has 5 heteroatoms. The van der Waals surface area contributed by atoms with Crippen molar-refractivity contribution >= 4 is 5.96 Å². The molecule has 21 heavy (non-hydrogen) atoms. The lowest BCUT2D eigenvalue weighted by molar-refractivity contribution is 0.410. The van der Waals surface area contributed by atoms with Crippen LogP contribution in [-0.4, -0.2) is 25.6 Å². The predicted octanol–water partition coefficient (Wildman–Crippen LogP) is 3.01. The Hall–Kier alpha value is -1.65. The van der Waals surface area contributed by atoms with Crippen LogP contribution in [0.4, 0.5) is 8.78 Å². The fraction of sp³-hybridized carbons (Fsp3) is 0.562. The van der Waals surface area contributed by atoms with Crippen molar-refractivity contribution in [2.24, 2.45) is 4.99 Å². The SMILES string of the molecule is CN=C(NCCc1cc(F)ccc1F)NC1CCCCC1. The van der Waals surface area contributed by atoms with Crippen molar-refractivity contribution in [3.8, 4) is 0 Å². The van der Waals surface area contributed by atoms with Gasteiger partial charge in [0.2, 0.25) is 0 Å². The minimum Gasteiger partial charge on any atom is -0.356 e. The van der Waals surface area contributed by atoms with Crippen LogP contribution in [0.15, 0.2) is 23.2 Å². The molecule has 0 bridgehead atoms. The summed E-state index contributed by atoms with van der Waals surface area (Å²) in [6.45, 7) is 0.521. The quantitative estimate of drug-likeness (QED) is 0.662. The van der Waals surface area contributed by atoms with E-state index in [1.54, 1.807) is 7.05 Å². The van der Waals surface area contributed by atoms with Gasteiger partial charge in [-0.2, -0.15) is 0 Å². The molecule has 0 heterocycles. The third-order valence-electron chi connectivity index (χ3n) is 3.86. The zero-order valence-electron chi connectivity index (χ0n) is 12.5. The molecular formula is C16H23F2N3. The molecule has 0 amide bonds. The van der Waals surface area contributed by atoms with Crippen LogP contribution in [0.3, 0.4) is 0 Å². The monoisotopic (exact) mass is 295 g/mol. The minimum atomic E-state index is -0.406. The summed E-state index contributed by atoms with van der Waals surface area (Å²) in [7, 11) is 1.72. The van der Waals surface area contributed by atoms with Crippen LogP contribution in [0.25, 0.3) is 0 Å². The lowest BCUT2D eigenvalue weighted by atomic mass is 9.96. The van der Waals surface area contributed by atoms with E-state index in [1.807, 2.05) is 0 Å². The number of hydrogen-bond acceptors (Lipinski definition) is 1. The summed E-state index contributed by atoms with van der Waals surface area (Å²) in [5.41, 5.74) is 0.385. The van der Waals surface area contributed by atoms with Crippen LogP contribution >= 0.6 is 0 Å². The zero-order valence-corrected chi connectivity index (χ0v) is 12.5. The van der Waals surface area contributed by atoms with Crippen molar-refractivity contribution in [3.05, 3.63) is 35.4 Å². The summed E-state index contributed by atoms with van der Waals surface area (Å²) in [5, 5.41) is 6.55. The number of hydrogen-bond donors (Lipinski definition) is 2. The van der Waals surface area contributed by atoms with E-state index in [0.717, 1.165) is 12.0 Å². The number of nitrogens with zero attached hydrogens (tertiary/aromatic N) is 1. The van der Waals surface area contributed by atoms with Gasteiger partial charge in [-0.3, -0.25) is 4.99 Å². The number of benzene rings is 1. The first-order chi connectivity index (χ1) is 10.2. The largest absolute Gasteiger partial charge is 0.356 e. The van der Waals surface area contributed by atoms with Crippen molar-refractivity contribution in [2.45, 2.75) is 44.6 Å². The van der Waals surface area contributed by atoms with E-state index in [-0.39, 0.29) is 5.82 Å². The molecule has 0 unspecified atom stereocenters. The van der Waals surface area contributed by atoms with Crippen LogP contribution in [0.1, 0.15) is 37.7 Å². The number of halogens is 2. The number of nitrogens with one attached hydrogen (secondary N) is 2. The summed E-state index contributed by atoms with van der Waals surface area (Å²) < 4.78 is 26.6. The van der Waals surface area contributed by atoms with Crippen LogP contribution in [0.2, 0.25) is 0 Å². The normalized spacial score (nSPS) is 16.8. The van der Waals surface area contributed by atoms with Gasteiger partial charge in [-0.1, -0.05) is 19.3 Å². The molecule has 1 aromatic carbocycles. The summed E-state index contributed by atoms with van der Waals surface area (Å²) in [6, 6.07) is 4.01. The Bertz CT molecular complexity index is 482. The smallest absolute Gasteiger partial charge is 0.191 e. The highest BCUT2D eigenvalue weighted by molar-refractivity contribution is 5.79. The van der Waals surface area contributed by atoms with Crippen LogP contribution in [0, 0.1) is 11.6 Å². The number of rotatable bonds is 4. The summed E-state index contributed by atoms with van der Waals surface area (Å²) in [6.07, 6.45) is 6.57. The maximum Gasteiger partial charge on any atom is 0.191 e. The van der Waals surface area contributed by atoms with Crippen LogP contribution in [0.5, 0.6) is 0 Å². The Morgan fingerprint density at radius 2 is 2.00 bits per heavy atom. The van der Waals surface area contributed by atoms with Gasteiger partial charge < -0.3 is 10.6 Å². The molecule has 2 rings (SSSR count). The molecule has 1 aliphatic carbocycles. The molecule has 1 saturated carbocycles. The second-order valence-corrected chi connectivity index (χ2v) is 5.46. The fourth-order valence-corrected chi connectivity index (χ4v) is 2.69. The van der Waals surface area contributed by atoms with Crippen molar-refractivity contribution in [1.29, 1.82) is 0 Å². The maximum absolute atomic E-state index is 13.5. The highest BCUT2D eigenvalue weighted by atomic mass is 19.1. The molecule has 3 nitrogen and oxygen atoms in total. The van der Waals surface area contributed by atoms with E-state index < -0.39 is 5.82 Å². The molecule has 1 aliphatic rings. The molecule has 1 fully saturated rings. The van der Waals surface area contributed by atoms with Gasteiger partial charge in [0.1, 0.15) is 11.6 Å². The van der Waals surface area contributed by atoms with E-state index in [2.05, 4.69) is 15.6 Å². The molecule has 0 saturated heterocycles. The summed E-state index contributed by atoms with van der Waals surface area (Å²) in [5.74, 6) is -0.0387. The fourth-order valence-electron chi connectivity index (χ4n) is 2.69. The second-order valence-electron chi connectivity index (χ2n) is 5.46. The van der Waals surface area contributed by atoms with Gasteiger partial charge in [0.15, 0.2) is 5.96 Å². The number of aliphatic imine (C=N–C) groups is 1. The maximum atomic E-state index is 13.5. The van der Waals surface area contributed by atoms with E-state index >= 15 is 0 Å². The Kier molecular flexibility index (Phi) is 5.96. The Morgan fingerprint density at radius 3 is 2.71 bits per heavy atom. The van der Waals surface area contributed by atoms with E-state index in [4.69, 9.17) is 0 Å². The number of guanidine groups is 1. The van der Waals surface area contributed by atoms with Crippen molar-refractivity contribution < 1.29 is 8.78 Å². The molecule has 1 aromatic rings. The van der Waals surface area contributed by atoms with Gasteiger partial charge in [-0.05, 0) is 43.0 Å². The van der Waals surface area contributed by atoms with Crippen molar-refractivity contribution in [2.75, 3.05) is 13.6 Å². The van der Waals surface area contributed by atoms with E-state index in [1.165, 1.54) is 44.2 Å². The molecular weight excluding hydrogens is 272 g/mol. The standard InChI is InChI=1S/C16H23F2N3/c1-19-16(21-14-5-3-2-4-6-14)20-10-9-12-11-13(17)7-8-15(12)18/h7-8,11,14H,2-6,9-10H2,1H3,(H2,19,20,21). The van der Waals surface area contributed by atoms with E-state index in [0.29, 0.717) is 24.6 Å². The Morgan fingerprint density at radius 1 is 1.24 bits per heavy atom. The van der Waals surface area contributed by atoms with Gasteiger partial charge in [-0.25, -0.2) is 8.78 Å². The summed E-state index contributed by atoms with van der Waals surface area (Å²) >= 11 is 0. The van der Waals surface area contributed by atoms with Gasteiger partial charge in [0, 0.05) is 19.6 Å². The van der Waals surface area contributed by atoms with Gasteiger partial charge >= 0.3 is 0 Å². The Labute approximate surface area is 124 Å². The van der Waals surface area contributed by atoms with Crippen LogP contribution in [-0.2, 0) is 6.42 Å². The molecule has 0 atom stereocenters. The molecule has 116 valence electrons. The van der Waals surface area contributed by atoms with Crippen molar-refractivity contribution in [1.82, 2.24) is 10.6 Å². The third-order valence-corrected chi connectivity index (χ3v) is 3.86. The first kappa shape index (κ1) is 15.7. The highest BCUT2D eigenvalue weighted by Crippen LogP contribution is 2.17. The van der Waals surface area contributed by atoms with Crippen LogP contribution < -0.4 is 10.6 Å². The first-order valence-corrected chi connectivity index (χ1v) is 7.60. The minimum absolute atomic E-state index is 0.367. The molecule has 0 aliphatic heterocycles. The molecule has 0 radical (unpaired) electrons. The lowest BCUT2D eigenvalue weighted by Crippen LogP contribution is -2.44. The average Bonchev–Trinajstić information content (AvgIpc) is 2.50. The third kappa shape index (κ3) is 4.99. The predicted molar refractivity (Wildman–Crippen MR) is 81.4 cm³/mol. The van der Waals surface area contributed by atoms with Gasteiger partial charge in [0.05, 0.1) is 0 Å². The Balaban J connectivity index is 1.79. The molecule has 0 spiro atoms. The molecule has 2 N–H and O–H groups in total. The average molecular weight is 295 g/mol. The molecule has 0 aromatic heterocycles. The van der Waals surface area contributed by atoms with Gasteiger partial charge in [0.25, 0.3) is 0 Å². The second kappa shape index (κ2) is 7.96. The zero-order chi connectivity index (χ0) is 15.1. The topological polar surface area (TPSA) is 36.4 Å². The highest BCUT2D eigenvalue weighted by Gasteiger charge is 2.14. The van der Waals surface area contributed by atoms with Gasteiger partial charge in [-0.15, -0.1) is 0 Å².